The van der Waals surface area contributed by atoms with E-state index < -0.39 is 0 Å². The van der Waals surface area contributed by atoms with Gasteiger partial charge in [-0.2, -0.15) is 0 Å². The number of Topliss-reactive ketones (excluding diaryl/α,β-unsaturated/α-hetero) is 1. The highest BCUT2D eigenvalue weighted by molar-refractivity contribution is 5.78. The maximum absolute atomic E-state index is 11.2. The van der Waals surface area contributed by atoms with Crippen LogP contribution >= 0.6 is 0 Å². The van der Waals surface area contributed by atoms with E-state index in [-0.39, 0.29) is 0 Å². The van der Waals surface area contributed by atoms with E-state index in [4.69, 9.17) is 0 Å². The Morgan fingerprint density at radius 3 is 1.83 bits per heavy atom. The first-order chi connectivity index (χ1) is 11.2. The van der Waals surface area contributed by atoms with E-state index in [0.29, 0.717) is 17.6 Å². The molecular weight excluding hydrogens is 284 g/mol. The van der Waals surface area contributed by atoms with Crippen molar-refractivity contribution in [3.05, 3.63) is 71.8 Å². The molecule has 0 spiro atoms. The number of rotatable bonds is 3. The fourth-order valence-corrected chi connectivity index (χ4v) is 3.09. The summed E-state index contributed by atoms with van der Waals surface area (Å²) >= 11 is 0. The molecule has 1 aliphatic rings. The van der Waals surface area contributed by atoms with Gasteiger partial charge in [0.15, 0.2) is 0 Å². The van der Waals surface area contributed by atoms with E-state index in [9.17, 15) is 9.59 Å². The van der Waals surface area contributed by atoms with Gasteiger partial charge in [-0.15, -0.1) is 0 Å². The van der Waals surface area contributed by atoms with Crippen molar-refractivity contribution in [3.8, 4) is 0 Å². The topological polar surface area (TPSA) is 34.1 Å². The van der Waals surface area contributed by atoms with Crippen LogP contribution in [0.5, 0.6) is 0 Å². The summed E-state index contributed by atoms with van der Waals surface area (Å²) in [5, 5.41) is 0. The lowest BCUT2D eigenvalue weighted by Crippen LogP contribution is -2.18. The summed E-state index contributed by atoms with van der Waals surface area (Å²) < 4.78 is 0. The van der Waals surface area contributed by atoms with Gasteiger partial charge in [0.05, 0.1) is 0 Å². The maximum atomic E-state index is 11.2. The number of carbonyl (C=O) groups is 2. The normalized spacial score (nSPS) is 20.0. The first kappa shape index (κ1) is 17.1. The van der Waals surface area contributed by atoms with Crippen molar-refractivity contribution in [2.24, 2.45) is 5.92 Å². The fraction of sp³-hybridized carbons (Fsp3) is 0.333. The lowest BCUT2D eigenvalue weighted by Gasteiger charge is -2.27. The van der Waals surface area contributed by atoms with Crippen molar-refractivity contribution in [2.75, 3.05) is 0 Å². The van der Waals surface area contributed by atoms with Crippen molar-refractivity contribution >= 4 is 12.1 Å². The van der Waals surface area contributed by atoms with Crippen molar-refractivity contribution in [1.82, 2.24) is 0 Å². The van der Waals surface area contributed by atoms with Crippen molar-refractivity contribution in [3.63, 3.8) is 0 Å². The second-order valence-electron chi connectivity index (χ2n) is 6.10. The number of benzene rings is 2. The maximum Gasteiger partial charge on any atom is 0.150 e. The molecular formula is C21H24O2. The Morgan fingerprint density at radius 2 is 1.39 bits per heavy atom. The molecule has 23 heavy (non-hydrogen) atoms. The average Bonchev–Trinajstić information content (AvgIpc) is 2.64. The molecule has 2 aromatic carbocycles. The minimum absolute atomic E-state index is 0.338. The highest BCUT2D eigenvalue weighted by Crippen LogP contribution is 2.35. The molecule has 0 unspecified atom stereocenters. The van der Waals surface area contributed by atoms with Gasteiger partial charge < -0.3 is 0 Å². The first-order valence-electron chi connectivity index (χ1n) is 8.26. The molecule has 0 N–H and O–H groups in total. The Labute approximate surface area is 138 Å². The summed E-state index contributed by atoms with van der Waals surface area (Å²) in [7, 11) is 0. The Bertz CT molecular complexity index is 596. The summed E-state index contributed by atoms with van der Waals surface area (Å²) in [6.07, 6.45) is 5.34. The number of aldehydes is 1. The average molecular weight is 308 g/mol. The van der Waals surface area contributed by atoms with Crippen LogP contribution in [0.15, 0.2) is 60.7 Å². The molecule has 2 aromatic rings. The minimum atomic E-state index is 0.338. The van der Waals surface area contributed by atoms with E-state index in [1.165, 1.54) is 18.4 Å². The monoisotopic (exact) mass is 308 g/mol. The molecule has 120 valence electrons. The van der Waals surface area contributed by atoms with Crippen LogP contribution in [0.25, 0.3) is 0 Å². The minimum Gasteiger partial charge on any atom is -0.300 e. The number of carbonyl (C=O) groups excluding carboxylic acids is 2. The summed E-state index contributed by atoms with van der Waals surface area (Å²) in [6, 6.07) is 19.8. The predicted molar refractivity (Wildman–Crippen MR) is 93.7 cm³/mol. The highest BCUT2D eigenvalue weighted by Gasteiger charge is 2.24. The van der Waals surface area contributed by atoms with Gasteiger partial charge in [0.1, 0.15) is 12.1 Å². The molecule has 1 aliphatic carbocycles. The molecule has 1 fully saturated rings. The third-order valence-electron chi connectivity index (χ3n) is 4.51. The number of hydrogen-bond donors (Lipinski definition) is 0. The van der Waals surface area contributed by atoms with E-state index in [1.54, 1.807) is 19.1 Å². The molecule has 2 heteroatoms. The van der Waals surface area contributed by atoms with Crippen LogP contribution in [0.1, 0.15) is 54.4 Å². The molecule has 3 rings (SSSR count). The van der Waals surface area contributed by atoms with Gasteiger partial charge in [0, 0.05) is 11.5 Å². The zero-order chi connectivity index (χ0) is 16.5. The fourth-order valence-electron chi connectivity index (χ4n) is 3.09. The zero-order valence-electron chi connectivity index (χ0n) is 13.7. The molecule has 0 heterocycles. The molecule has 0 amide bonds. The van der Waals surface area contributed by atoms with Crippen LogP contribution in [0, 0.1) is 5.92 Å². The molecule has 0 aromatic heterocycles. The number of hydrogen-bond acceptors (Lipinski definition) is 2. The summed E-state index contributed by atoms with van der Waals surface area (Å²) in [5.74, 6) is 1.40. The van der Waals surface area contributed by atoms with Gasteiger partial charge in [-0.05, 0) is 44.1 Å². The van der Waals surface area contributed by atoms with Crippen LogP contribution in [0.2, 0.25) is 0 Å². The van der Waals surface area contributed by atoms with Crippen molar-refractivity contribution in [1.29, 1.82) is 0 Å². The van der Waals surface area contributed by atoms with Gasteiger partial charge in [-0.1, -0.05) is 60.7 Å². The molecule has 0 atom stereocenters. The van der Waals surface area contributed by atoms with Crippen LogP contribution < -0.4 is 0 Å². The second-order valence-corrected chi connectivity index (χ2v) is 6.10. The molecule has 0 radical (unpaired) electrons. The first-order valence-corrected chi connectivity index (χ1v) is 8.26. The Hall–Kier alpha value is -2.22. The van der Waals surface area contributed by atoms with E-state index in [0.717, 1.165) is 24.7 Å². The van der Waals surface area contributed by atoms with Gasteiger partial charge in [-0.25, -0.2) is 0 Å². The third-order valence-corrected chi connectivity index (χ3v) is 4.51. The molecule has 2 nitrogen and oxygen atoms in total. The van der Waals surface area contributed by atoms with Crippen LogP contribution in [-0.4, -0.2) is 12.1 Å². The van der Waals surface area contributed by atoms with Crippen molar-refractivity contribution in [2.45, 2.75) is 38.5 Å². The zero-order valence-corrected chi connectivity index (χ0v) is 13.7. The SMILES string of the molecule is CC(=O)C1CCC(c2ccccc2)CC1.O=Cc1ccccc1. The molecule has 1 saturated carbocycles. The summed E-state index contributed by atoms with van der Waals surface area (Å²) in [6.45, 7) is 1.73. The molecule has 0 aliphatic heterocycles. The van der Waals surface area contributed by atoms with Crippen LogP contribution in [0.4, 0.5) is 0 Å². The van der Waals surface area contributed by atoms with Gasteiger partial charge in [-0.3, -0.25) is 9.59 Å². The molecule has 0 bridgehead atoms. The smallest absolute Gasteiger partial charge is 0.150 e. The third kappa shape index (κ3) is 5.48. The van der Waals surface area contributed by atoms with Gasteiger partial charge in [0.2, 0.25) is 0 Å². The lowest BCUT2D eigenvalue weighted by atomic mass is 9.77. The Kier molecular flexibility index (Phi) is 6.74. The van der Waals surface area contributed by atoms with E-state index in [1.807, 2.05) is 18.2 Å². The Balaban J connectivity index is 0.000000203. The lowest BCUT2D eigenvalue weighted by molar-refractivity contribution is -0.121. The Morgan fingerprint density at radius 1 is 0.870 bits per heavy atom. The predicted octanol–water partition coefficient (Wildman–Crippen LogP) is 5.05. The van der Waals surface area contributed by atoms with Gasteiger partial charge >= 0.3 is 0 Å². The standard InChI is InChI=1S/C14H18O.C7H6O/c1-11(15)12-7-9-14(10-8-12)13-5-3-2-4-6-13;8-6-7-4-2-1-3-5-7/h2-6,12,14H,7-10H2,1H3;1-6H. The van der Waals surface area contributed by atoms with E-state index >= 15 is 0 Å². The largest absolute Gasteiger partial charge is 0.300 e. The molecule has 0 saturated heterocycles. The number of ketones is 1. The van der Waals surface area contributed by atoms with E-state index in [2.05, 4.69) is 30.3 Å². The van der Waals surface area contributed by atoms with Gasteiger partial charge in [0.25, 0.3) is 0 Å². The highest BCUT2D eigenvalue weighted by atomic mass is 16.1. The summed E-state index contributed by atoms with van der Waals surface area (Å²) in [4.78, 5) is 21.2. The van der Waals surface area contributed by atoms with Crippen LogP contribution in [0.3, 0.4) is 0 Å². The quantitative estimate of drug-likeness (QED) is 0.744. The summed E-state index contributed by atoms with van der Waals surface area (Å²) in [5.41, 5.74) is 2.17. The van der Waals surface area contributed by atoms with Crippen molar-refractivity contribution < 1.29 is 9.59 Å². The van der Waals surface area contributed by atoms with Crippen LogP contribution in [-0.2, 0) is 4.79 Å². The second kappa shape index (κ2) is 9.04.